The van der Waals surface area contributed by atoms with Crippen molar-refractivity contribution in [2.75, 3.05) is 27.2 Å². The van der Waals surface area contributed by atoms with Gasteiger partial charge in [0.25, 0.3) is 5.91 Å². The van der Waals surface area contributed by atoms with Crippen LogP contribution < -0.4 is 5.32 Å². The van der Waals surface area contributed by atoms with E-state index in [0.29, 0.717) is 6.54 Å². The van der Waals surface area contributed by atoms with E-state index in [-0.39, 0.29) is 16.8 Å². The third-order valence-electron chi connectivity index (χ3n) is 1.68. The van der Waals surface area contributed by atoms with Gasteiger partial charge in [0, 0.05) is 13.1 Å². The third kappa shape index (κ3) is 4.22. The highest BCUT2D eigenvalue weighted by Crippen LogP contribution is 2.01. The summed E-state index contributed by atoms with van der Waals surface area (Å²) in [6, 6.07) is 0. The first kappa shape index (κ1) is 11.9. The zero-order valence-electron chi connectivity index (χ0n) is 8.70. The Morgan fingerprint density at radius 3 is 2.87 bits per heavy atom. The monoisotopic (exact) mass is 228 g/mol. The third-order valence-corrected chi connectivity index (χ3v) is 1.86. The van der Waals surface area contributed by atoms with E-state index in [0.717, 1.165) is 6.54 Å². The van der Waals surface area contributed by atoms with Gasteiger partial charge in [0.1, 0.15) is 10.8 Å². The number of hydrogen-bond acceptors (Lipinski definition) is 4. The summed E-state index contributed by atoms with van der Waals surface area (Å²) in [4.78, 5) is 21.1. The average Bonchev–Trinajstić information content (AvgIpc) is 2.17. The van der Waals surface area contributed by atoms with Crippen LogP contribution in [0.1, 0.15) is 10.5 Å². The Hall–Kier alpha value is -1.20. The summed E-state index contributed by atoms with van der Waals surface area (Å²) in [5, 5.41) is 2.93. The molecule has 0 atom stereocenters. The van der Waals surface area contributed by atoms with Crippen molar-refractivity contribution in [3.8, 4) is 0 Å². The van der Waals surface area contributed by atoms with Gasteiger partial charge < -0.3 is 10.2 Å². The van der Waals surface area contributed by atoms with Crippen molar-refractivity contribution in [2.24, 2.45) is 0 Å². The zero-order chi connectivity index (χ0) is 11.3. The number of carbonyl (C=O) groups excluding carboxylic acids is 1. The zero-order valence-corrected chi connectivity index (χ0v) is 9.45. The number of nitrogens with zero attached hydrogens (tertiary/aromatic N) is 3. The van der Waals surface area contributed by atoms with Crippen molar-refractivity contribution < 1.29 is 4.79 Å². The van der Waals surface area contributed by atoms with E-state index in [1.807, 2.05) is 19.0 Å². The first-order chi connectivity index (χ1) is 7.09. The molecule has 1 heterocycles. The van der Waals surface area contributed by atoms with E-state index >= 15 is 0 Å². The van der Waals surface area contributed by atoms with Crippen LogP contribution in [0.2, 0.25) is 5.15 Å². The first-order valence-electron chi connectivity index (χ1n) is 4.50. The highest BCUT2D eigenvalue weighted by molar-refractivity contribution is 6.29. The molecule has 0 aromatic carbocycles. The van der Waals surface area contributed by atoms with Gasteiger partial charge in [-0.3, -0.25) is 9.78 Å². The molecule has 0 bridgehead atoms. The lowest BCUT2D eigenvalue weighted by Crippen LogP contribution is -2.31. The van der Waals surface area contributed by atoms with Crippen LogP contribution in [0, 0.1) is 0 Å². The Morgan fingerprint density at radius 1 is 1.53 bits per heavy atom. The Morgan fingerprint density at radius 2 is 2.27 bits per heavy atom. The molecule has 1 rings (SSSR count). The minimum Gasteiger partial charge on any atom is -0.349 e. The molecule has 0 radical (unpaired) electrons. The molecular formula is C9H13ClN4O. The highest BCUT2D eigenvalue weighted by Gasteiger charge is 2.07. The molecule has 0 saturated carbocycles. The SMILES string of the molecule is CN(C)CCNC(=O)c1cncc(Cl)n1. The molecule has 1 aromatic heterocycles. The molecule has 0 aliphatic carbocycles. The summed E-state index contributed by atoms with van der Waals surface area (Å²) < 4.78 is 0. The minimum absolute atomic E-state index is 0.218. The van der Waals surface area contributed by atoms with E-state index in [2.05, 4.69) is 15.3 Å². The number of likely N-dealkylation sites (N-methyl/N-ethyl adjacent to an activating group) is 1. The van der Waals surface area contributed by atoms with E-state index in [1.165, 1.54) is 12.4 Å². The standard InChI is InChI=1S/C9H13ClN4O/c1-14(2)4-3-12-9(15)7-5-11-6-8(10)13-7/h5-6H,3-4H2,1-2H3,(H,12,15). The smallest absolute Gasteiger partial charge is 0.271 e. The van der Waals surface area contributed by atoms with Crippen LogP contribution >= 0.6 is 11.6 Å². The number of carbonyl (C=O) groups is 1. The normalized spacial score (nSPS) is 10.4. The summed E-state index contributed by atoms with van der Waals surface area (Å²) in [6.45, 7) is 1.35. The molecule has 0 fully saturated rings. The molecule has 1 N–H and O–H groups in total. The number of halogens is 1. The number of hydrogen-bond donors (Lipinski definition) is 1. The van der Waals surface area contributed by atoms with Crippen LogP contribution in [0.3, 0.4) is 0 Å². The minimum atomic E-state index is -0.258. The van der Waals surface area contributed by atoms with Crippen molar-refractivity contribution in [2.45, 2.75) is 0 Å². The van der Waals surface area contributed by atoms with Gasteiger partial charge in [0.2, 0.25) is 0 Å². The maximum Gasteiger partial charge on any atom is 0.271 e. The molecule has 0 unspecified atom stereocenters. The lowest BCUT2D eigenvalue weighted by atomic mass is 10.4. The Bertz CT molecular complexity index is 343. The van der Waals surface area contributed by atoms with Crippen molar-refractivity contribution in [3.05, 3.63) is 23.2 Å². The summed E-state index contributed by atoms with van der Waals surface area (Å²) in [5.74, 6) is -0.258. The van der Waals surface area contributed by atoms with Crippen LogP contribution in [-0.4, -0.2) is 48.0 Å². The summed E-state index contributed by atoms with van der Waals surface area (Å²) in [6.07, 6.45) is 2.77. The lowest BCUT2D eigenvalue weighted by Gasteiger charge is -2.09. The summed E-state index contributed by atoms with van der Waals surface area (Å²) in [7, 11) is 3.87. The molecule has 6 heteroatoms. The van der Waals surface area contributed by atoms with E-state index in [4.69, 9.17) is 11.6 Å². The Balaban J connectivity index is 2.47. The Labute approximate surface area is 93.5 Å². The molecular weight excluding hydrogens is 216 g/mol. The van der Waals surface area contributed by atoms with E-state index in [9.17, 15) is 4.79 Å². The number of aromatic nitrogens is 2. The number of rotatable bonds is 4. The average molecular weight is 229 g/mol. The maximum absolute atomic E-state index is 11.5. The second kappa shape index (κ2) is 5.63. The van der Waals surface area contributed by atoms with Crippen molar-refractivity contribution in [3.63, 3.8) is 0 Å². The second-order valence-corrected chi connectivity index (χ2v) is 3.67. The second-order valence-electron chi connectivity index (χ2n) is 3.29. The van der Waals surface area contributed by atoms with Crippen molar-refractivity contribution >= 4 is 17.5 Å². The predicted molar refractivity (Wildman–Crippen MR) is 57.9 cm³/mol. The first-order valence-corrected chi connectivity index (χ1v) is 4.88. The molecule has 82 valence electrons. The fraction of sp³-hybridized carbons (Fsp3) is 0.444. The van der Waals surface area contributed by atoms with Gasteiger partial charge in [-0.2, -0.15) is 0 Å². The van der Waals surface area contributed by atoms with Gasteiger partial charge in [-0.05, 0) is 14.1 Å². The van der Waals surface area contributed by atoms with Crippen LogP contribution in [0.4, 0.5) is 0 Å². The molecule has 0 spiro atoms. The lowest BCUT2D eigenvalue weighted by molar-refractivity contribution is 0.0945. The molecule has 5 nitrogen and oxygen atoms in total. The van der Waals surface area contributed by atoms with Gasteiger partial charge >= 0.3 is 0 Å². The molecule has 1 amide bonds. The van der Waals surface area contributed by atoms with Crippen molar-refractivity contribution in [1.82, 2.24) is 20.2 Å². The molecule has 0 aliphatic heterocycles. The Kier molecular flexibility index (Phi) is 4.45. The number of nitrogens with one attached hydrogen (secondary N) is 1. The van der Waals surface area contributed by atoms with Crippen LogP contribution in [0.5, 0.6) is 0 Å². The van der Waals surface area contributed by atoms with Crippen LogP contribution in [0.15, 0.2) is 12.4 Å². The maximum atomic E-state index is 11.5. The molecule has 15 heavy (non-hydrogen) atoms. The van der Waals surface area contributed by atoms with Crippen molar-refractivity contribution in [1.29, 1.82) is 0 Å². The van der Waals surface area contributed by atoms with Gasteiger partial charge in [-0.1, -0.05) is 11.6 Å². The van der Waals surface area contributed by atoms with Gasteiger partial charge in [-0.25, -0.2) is 4.98 Å². The molecule has 0 aliphatic rings. The molecule has 0 saturated heterocycles. The summed E-state index contributed by atoms with van der Waals surface area (Å²) in [5.41, 5.74) is 0.237. The number of amides is 1. The van der Waals surface area contributed by atoms with Gasteiger partial charge in [-0.15, -0.1) is 0 Å². The van der Waals surface area contributed by atoms with E-state index < -0.39 is 0 Å². The predicted octanol–water partition coefficient (Wildman–Crippen LogP) is 0.421. The van der Waals surface area contributed by atoms with Gasteiger partial charge in [0.15, 0.2) is 0 Å². The van der Waals surface area contributed by atoms with Gasteiger partial charge in [0.05, 0.1) is 12.4 Å². The quantitative estimate of drug-likeness (QED) is 0.812. The summed E-state index contributed by atoms with van der Waals surface area (Å²) >= 11 is 5.61. The fourth-order valence-corrected chi connectivity index (χ4v) is 1.08. The largest absolute Gasteiger partial charge is 0.349 e. The topological polar surface area (TPSA) is 58.1 Å². The van der Waals surface area contributed by atoms with Crippen LogP contribution in [0.25, 0.3) is 0 Å². The molecule has 1 aromatic rings. The van der Waals surface area contributed by atoms with Crippen LogP contribution in [-0.2, 0) is 0 Å². The fourth-order valence-electron chi connectivity index (χ4n) is 0.935. The highest BCUT2D eigenvalue weighted by atomic mass is 35.5. The van der Waals surface area contributed by atoms with E-state index in [1.54, 1.807) is 0 Å².